The first kappa shape index (κ1) is 20.2. The molecule has 3 nitrogen and oxygen atoms in total. The molecule has 3 rings (SSSR count). The van der Waals surface area contributed by atoms with Gasteiger partial charge in [0.25, 0.3) is 0 Å². The first-order valence-electron chi connectivity index (χ1n) is 9.23. The lowest BCUT2D eigenvalue weighted by Crippen LogP contribution is -2.40. The smallest absolute Gasteiger partial charge is 0.223 e. The number of thioether (sulfide) groups is 1. The third-order valence-electron chi connectivity index (χ3n) is 4.76. The Morgan fingerprint density at radius 1 is 1.11 bits per heavy atom. The third kappa shape index (κ3) is 6.52. The topological polar surface area (TPSA) is 32.3 Å². The van der Waals surface area contributed by atoms with Crippen LogP contribution in [0.15, 0.2) is 53.4 Å². The number of piperidine rings is 1. The molecule has 1 N–H and O–H groups in total. The van der Waals surface area contributed by atoms with Gasteiger partial charge in [-0.2, -0.15) is 0 Å². The molecule has 0 atom stereocenters. The van der Waals surface area contributed by atoms with Crippen molar-refractivity contribution in [2.75, 3.05) is 25.4 Å². The van der Waals surface area contributed by atoms with E-state index in [1.54, 1.807) is 11.8 Å². The summed E-state index contributed by atoms with van der Waals surface area (Å²) in [7, 11) is 0. The summed E-state index contributed by atoms with van der Waals surface area (Å²) in [5.74, 6) is 0.892. The monoisotopic (exact) mass is 406 g/mol. The minimum atomic E-state index is -0.205. The highest BCUT2D eigenvalue weighted by Gasteiger charge is 2.24. The Morgan fingerprint density at radius 2 is 1.78 bits per heavy atom. The Morgan fingerprint density at radius 3 is 2.44 bits per heavy atom. The fraction of sp³-hybridized carbons (Fsp3) is 0.381. The van der Waals surface area contributed by atoms with Crippen molar-refractivity contribution in [2.45, 2.75) is 24.3 Å². The van der Waals surface area contributed by atoms with Crippen LogP contribution in [0.4, 0.5) is 4.39 Å². The molecule has 6 heteroatoms. The summed E-state index contributed by atoms with van der Waals surface area (Å²) in [6.45, 7) is 3.28. The number of nitrogens with zero attached hydrogens (tertiary/aromatic N) is 1. The van der Waals surface area contributed by atoms with Crippen LogP contribution < -0.4 is 5.32 Å². The molecule has 0 bridgehead atoms. The highest BCUT2D eigenvalue weighted by molar-refractivity contribution is 7.99. The Bertz CT molecular complexity index is 731. The molecule has 2 aromatic carbocycles. The quantitative estimate of drug-likeness (QED) is 0.538. The molecule has 0 aliphatic carbocycles. The van der Waals surface area contributed by atoms with E-state index in [4.69, 9.17) is 11.6 Å². The third-order valence-corrected chi connectivity index (χ3v) is 6.03. The highest BCUT2D eigenvalue weighted by Crippen LogP contribution is 2.21. The standard InChI is InChI=1S/C21H24ClFN2OS/c22-18-3-7-20(8-4-18)27-14-11-24-21(26)17-9-12-25(13-10-17)15-16-1-5-19(23)6-2-16/h1-8,17H,9-15H2,(H,24,26). The average Bonchev–Trinajstić information content (AvgIpc) is 2.69. The lowest BCUT2D eigenvalue weighted by atomic mass is 9.95. The first-order chi connectivity index (χ1) is 13.1. The molecule has 27 heavy (non-hydrogen) atoms. The van der Waals surface area contributed by atoms with Gasteiger partial charge in [-0.3, -0.25) is 9.69 Å². The number of carbonyl (C=O) groups excluding carboxylic acids is 1. The molecular weight excluding hydrogens is 383 g/mol. The first-order valence-corrected chi connectivity index (χ1v) is 10.6. The van der Waals surface area contributed by atoms with E-state index < -0.39 is 0 Å². The van der Waals surface area contributed by atoms with Crippen molar-refractivity contribution >= 4 is 29.3 Å². The maximum absolute atomic E-state index is 13.0. The zero-order valence-electron chi connectivity index (χ0n) is 15.2. The van der Waals surface area contributed by atoms with Gasteiger partial charge in [-0.15, -0.1) is 11.8 Å². The van der Waals surface area contributed by atoms with Crippen LogP contribution in [0.25, 0.3) is 0 Å². The molecular formula is C21H24ClFN2OS. The van der Waals surface area contributed by atoms with Crippen molar-refractivity contribution in [3.63, 3.8) is 0 Å². The summed E-state index contributed by atoms with van der Waals surface area (Å²) < 4.78 is 13.0. The minimum absolute atomic E-state index is 0.0926. The number of carbonyl (C=O) groups is 1. The Hall–Kier alpha value is -1.56. The summed E-state index contributed by atoms with van der Waals surface area (Å²) in [6, 6.07) is 14.4. The minimum Gasteiger partial charge on any atom is -0.355 e. The Kier molecular flexibility index (Phi) is 7.56. The predicted octanol–water partition coefficient (Wildman–Crippen LogP) is 4.60. The lowest BCUT2D eigenvalue weighted by Gasteiger charge is -2.31. The molecule has 0 radical (unpaired) electrons. The van der Waals surface area contributed by atoms with E-state index in [-0.39, 0.29) is 17.6 Å². The van der Waals surface area contributed by atoms with E-state index in [0.717, 1.165) is 53.7 Å². The van der Waals surface area contributed by atoms with E-state index in [0.29, 0.717) is 6.54 Å². The number of halogens is 2. The van der Waals surface area contributed by atoms with Crippen LogP contribution in [0.1, 0.15) is 18.4 Å². The normalized spacial score (nSPS) is 15.6. The molecule has 0 unspecified atom stereocenters. The van der Waals surface area contributed by atoms with Crippen LogP contribution in [0, 0.1) is 11.7 Å². The van der Waals surface area contributed by atoms with Gasteiger partial charge >= 0.3 is 0 Å². The molecule has 1 fully saturated rings. The van der Waals surface area contributed by atoms with Crippen molar-refractivity contribution in [2.24, 2.45) is 5.92 Å². The molecule has 0 saturated carbocycles. The van der Waals surface area contributed by atoms with Gasteiger partial charge in [0.05, 0.1) is 0 Å². The van der Waals surface area contributed by atoms with Crippen LogP contribution in [-0.4, -0.2) is 36.2 Å². The SMILES string of the molecule is O=C(NCCSc1ccc(Cl)cc1)C1CCN(Cc2ccc(F)cc2)CC1. The van der Waals surface area contributed by atoms with Gasteiger partial charge in [0.15, 0.2) is 0 Å². The van der Waals surface area contributed by atoms with Gasteiger partial charge in [0.2, 0.25) is 5.91 Å². The molecule has 1 saturated heterocycles. The van der Waals surface area contributed by atoms with Crippen molar-refractivity contribution in [3.05, 3.63) is 64.9 Å². The van der Waals surface area contributed by atoms with Gasteiger partial charge in [-0.1, -0.05) is 23.7 Å². The zero-order valence-corrected chi connectivity index (χ0v) is 16.7. The van der Waals surface area contributed by atoms with Gasteiger partial charge < -0.3 is 5.32 Å². The molecule has 1 aliphatic rings. The number of nitrogens with one attached hydrogen (secondary N) is 1. The van der Waals surface area contributed by atoms with Crippen LogP contribution in [0.3, 0.4) is 0 Å². The molecule has 1 amide bonds. The van der Waals surface area contributed by atoms with Crippen LogP contribution in [0.5, 0.6) is 0 Å². The van der Waals surface area contributed by atoms with Crippen molar-refractivity contribution in [3.8, 4) is 0 Å². The predicted molar refractivity (Wildman–Crippen MR) is 110 cm³/mol. The molecule has 144 valence electrons. The van der Waals surface area contributed by atoms with Crippen LogP contribution in [-0.2, 0) is 11.3 Å². The summed E-state index contributed by atoms with van der Waals surface area (Å²) in [4.78, 5) is 15.8. The van der Waals surface area contributed by atoms with E-state index in [1.807, 2.05) is 36.4 Å². The van der Waals surface area contributed by atoms with Crippen LogP contribution >= 0.6 is 23.4 Å². The number of amides is 1. The fourth-order valence-corrected chi connectivity index (χ4v) is 4.11. The summed E-state index contributed by atoms with van der Waals surface area (Å²) >= 11 is 7.59. The van der Waals surface area contributed by atoms with E-state index in [2.05, 4.69) is 10.2 Å². The van der Waals surface area contributed by atoms with E-state index in [1.165, 1.54) is 12.1 Å². The van der Waals surface area contributed by atoms with Gasteiger partial charge in [0, 0.05) is 34.7 Å². The van der Waals surface area contributed by atoms with E-state index >= 15 is 0 Å². The maximum atomic E-state index is 13.0. The molecule has 2 aromatic rings. The van der Waals surface area contributed by atoms with Crippen LogP contribution in [0.2, 0.25) is 5.02 Å². The van der Waals surface area contributed by atoms with Crippen molar-refractivity contribution in [1.82, 2.24) is 10.2 Å². The second kappa shape index (κ2) is 10.1. The number of hydrogen-bond donors (Lipinski definition) is 1. The van der Waals surface area contributed by atoms with Gasteiger partial charge in [-0.05, 0) is 67.9 Å². The number of rotatable bonds is 7. The summed E-state index contributed by atoms with van der Waals surface area (Å²) in [5.41, 5.74) is 1.11. The number of likely N-dealkylation sites (tertiary alicyclic amines) is 1. The maximum Gasteiger partial charge on any atom is 0.223 e. The largest absolute Gasteiger partial charge is 0.355 e. The highest BCUT2D eigenvalue weighted by atomic mass is 35.5. The molecule has 1 heterocycles. The number of hydrogen-bond acceptors (Lipinski definition) is 3. The molecule has 0 spiro atoms. The number of benzene rings is 2. The summed E-state index contributed by atoms with van der Waals surface area (Å²) in [6.07, 6.45) is 1.74. The van der Waals surface area contributed by atoms with Crippen molar-refractivity contribution in [1.29, 1.82) is 0 Å². The van der Waals surface area contributed by atoms with Gasteiger partial charge in [-0.25, -0.2) is 4.39 Å². The second-order valence-corrected chi connectivity index (χ2v) is 8.38. The average molecular weight is 407 g/mol. The van der Waals surface area contributed by atoms with E-state index in [9.17, 15) is 9.18 Å². The van der Waals surface area contributed by atoms with Crippen molar-refractivity contribution < 1.29 is 9.18 Å². The second-order valence-electron chi connectivity index (χ2n) is 6.77. The Labute approximate surface area is 169 Å². The molecule has 1 aliphatic heterocycles. The zero-order chi connectivity index (χ0) is 19.1. The Balaban J connectivity index is 1.33. The summed E-state index contributed by atoms with van der Waals surface area (Å²) in [5, 5.41) is 3.79. The van der Waals surface area contributed by atoms with Gasteiger partial charge in [0.1, 0.15) is 5.82 Å². The fourth-order valence-electron chi connectivity index (χ4n) is 3.22. The lowest BCUT2D eigenvalue weighted by molar-refractivity contribution is -0.126. The molecule has 0 aromatic heterocycles.